The van der Waals surface area contributed by atoms with Gasteiger partial charge in [0.15, 0.2) is 0 Å². The molecule has 0 aromatic carbocycles. The number of nitrogens with zero attached hydrogens (tertiary/aromatic N) is 2. The zero-order valence-corrected chi connectivity index (χ0v) is 8.20. The van der Waals surface area contributed by atoms with Gasteiger partial charge < -0.3 is 10.2 Å². The third-order valence-electron chi connectivity index (χ3n) is 3.04. The summed E-state index contributed by atoms with van der Waals surface area (Å²) in [6.45, 7) is 1.69. The number of carbonyl (C=O) groups excluding carboxylic acids is 1. The average molecular weight is 193 g/mol. The Morgan fingerprint density at radius 1 is 1.43 bits per heavy atom. The molecule has 0 spiro atoms. The first-order chi connectivity index (χ1) is 6.83. The summed E-state index contributed by atoms with van der Waals surface area (Å²) in [5.41, 5.74) is 0. The zero-order valence-electron chi connectivity index (χ0n) is 8.20. The van der Waals surface area contributed by atoms with Crippen molar-refractivity contribution in [1.82, 2.24) is 10.2 Å². The minimum Gasteiger partial charge on any atom is -0.325 e. The molecule has 2 heterocycles. The highest BCUT2D eigenvalue weighted by Crippen LogP contribution is 2.19. The summed E-state index contributed by atoms with van der Waals surface area (Å²) < 4.78 is 0. The summed E-state index contributed by atoms with van der Waals surface area (Å²) in [6.07, 6.45) is 3.81. The van der Waals surface area contributed by atoms with Crippen LogP contribution in [0.5, 0.6) is 0 Å². The maximum atomic E-state index is 11.9. The lowest BCUT2D eigenvalue weighted by Gasteiger charge is -2.23. The number of nitrogens with one attached hydrogen (secondary N) is 1. The van der Waals surface area contributed by atoms with Crippen molar-refractivity contribution in [3.05, 3.63) is 0 Å². The summed E-state index contributed by atoms with van der Waals surface area (Å²) in [7, 11) is 0. The molecule has 14 heavy (non-hydrogen) atoms. The highest BCUT2D eigenvalue weighted by molar-refractivity contribution is 5.83. The Morgan fingerprint density at radius 2 is 2.29 bits per heavy atom. The van der Waals surface area contributed by atoms with E-state index in [0.29, 0.717) is 0 Å². The summed E-state index contributed by atoms with van der Waals surface area (Å²) >= 11 is 0. The SMILES string of the molecule is N#CC1CCCN1C(=O)[C@H]1CCCN1. The van der Waals surface area contributed by atoms with Gasteiger partial charge in [-0.05, 0) is 32.2 Å². The van der Waals surface area contributed by atoms with Gasteiger partial charge in [0, 0.05) is 6.54 Å². The summed E-state index contributed by atoms with van der Waals surface area (Å²) in [5.74, 6) is 0.131. The molecule has 76 valence electrons. The number of likely N-dealkylation sites (tertiary alicyclic amines) is 1. The smallest absolute Gasteiger partial charge is 0.240 e. The fourth-order valence-corrected chi connectivity index (χ4v) is 2.26. The molecular weight excluding hydrogens is 178 g/mol. The molecule has 1 unspecified atom stereocenters. The molecule has 2 atom stereocenters. The molecule has 0 aliphatic carbocycles. The molecule has 2 aliphatic heterocycles. The van der Waals surface area contributed by atoms with Gasteiger partial charge in [0.25, 0.3) is 0 Å². The van der Waals surface area contributed by atoms with Crippen LogP contribution in [0.25, 0.3) is 0 Å². The van der Waals surface area contributed by atoms with E-state index in [1.54, 1.807) is 4.90 Å². The number of hydrogen-bond acceptors (Lipinski definition) is 3. The van der Waals surface area contributed by atoms with Crippen molar-refractivity contribution in [2.75, 3.05) is 13.1 Å². The molecule has 4 nitrogen and oxygen atoms in total. The van der Waals surface area contributed by atoms with Crippen molar-refractivity contribution in [3.8, 4) is 6.07 Å². The number of amides is 1. The van der Waals surface area contributed by atoms with Gasteiger partial charge in [0.2, 0.25) is 5.91 Å². The van der Waals surface area contributed by atoms with Gasteiger partial charge in [-0.15, -0.1) is 0 Å². The first kappa shape index (κ1) is 9.47. The predicted molar refractivity (Wildman–Crippen MR) is 51.4 cm³/mol. The third-order valence-corrected chi connectivity index (χ3v) is 3.04. The summed E-state index contributed by atoms with van der Waals surface area (Å²) in [5, 5.41) is 12.0. The monoisotopic (exact) mass is 193 g/mol. The lowest BCUT2D eigenvalue weighted by molar-refractivity contribution is -0.133. The summed E-state index contributed by atoms with van der Waals surface area (Å²) in [4.78, 5) is 13.7. The molecule has 1 amide bonds. The van der Waals surface area contributed by atoms with Crippen molar-refractivity contribution < 1.29 is 4.79 Å². The van der Waals surface area contributed by atoms with Crippen molar-refractivity contribution >= 4 is 5.91 Å². The van der Waals surface area contributed by atoms with Gasteiger partial charge in [-0.3, -0.25) is 4.79 Å². The van der Waals surface area contributed by atoms with E-state index in [1.165, 1.54) is 0 Å². The van der Waals surface area contributed by atoms with Crippen LogP contribution in [0.2, 0.25) is 0 Å². The molecular formula is C10H15N3O. The molecule has 2 saturated heterocycles. The van der Waals surface area contributed by atoms with E-state index in [0.717, 1.165) is 38.8 Å². The first-order valence-corrected chi connectivity index (χ1v) is 5.26. The second-order valence-electron chi connectivity index (χ2n) is 3.97. The highest BCUT2D eigenvalue weighted by atomic mass is 16.2. The fourth-order valence-electron chi connectivity index (χ4n) is 2.26. The van der Waals surface area contributed by atoms with Crippen LogP contribution in [0, 0.1) is 11.3 Å². The molecule has 0 aromatic heterocycles. The van der Waals surface area contributed by atoms with Gasteiger partial charge >= 0.3 is 0 Å². The van der Waals surface area contributed by atoms with E-state index < -0.39 is 0 Å². The minimum absolute atomic E-state index is 0.0241. The Bertz CT molecular complexity index is 265. The number of carbonyl (C=O) groups is 1. The molecule has 2 rings (SSSR count). The van der Waals surface area contributed by atoms with E-state index in [-0.39, 0.29) is 18.0 Å². The summed E-state index contributed by atoms with van der Waals surface area (Å²) in [6, 6.07) is 2.00. The highest BCUT2D eigenvalue weighted by Gasteiger charge is 2.33. The van der Waals surface area contributed by atoms with Crippen LogP contribution in [0.1, 0.15) is 25.7 Å². The molecule has 0 bridgehead atoms. The van der Waals surface area contributed by atoms with Crippen LogP contribution in [-0.2, 0) is 4.79 Å². The topological polar surface area (TPSA) is 56.1 Å². The molecule has 1 N–H and O–H groups in total. The van der Waals surface area contributed by atoms with Gasteiger partial charge in [-0.2, -0.15) is 5.26 Å². The van der Waals surface area contributed by atoms with E-state index in [2.05, 4.69) is 11.4 Å². The Balaban J connectivity index is 2.00. The number of hydrogen-bond donors (Lipinski definition) is 1. The van der Waals surface area contributed by atoms with Crippen LogP contribution < -0.4 is 5.32 Å². The second-order valence-corrected chi connectivity index (χ2v) is 3.97. The minimum atomic E-state index is -0.176. The maximum absolute atomic E-state index is 11.9. The van der Waals surface area contributed by atoms with Crippen molar-refractivity contribution in [1.29, 1.82) is 5.26 Å². The predicted octanol–water partition coefficient (Wildman–Crippen LogP) is 0.253. The van der Waals surface area contributed by atoms with Gasteiger partial charge in [0.1, 0.15) is 6.04 Å². The normalized spacial score (nSPS) is 31.8. The fraction of sp³-hybridized carbons (Fsp3) is 0.800. The van der Waals surface area contributed by atoms with Gasteiger partial charge in [0.05, 0.1) is 12.1 Å². The largest absolute Gasteiger partial charge is 0.325 e. The number of rotatable bonds is 1. The van der Waals surface area contributed by atoms with Crippen LogP contribution in [0.3, 0.4) is 0 Å². The van der Waals surface area contributed by atoms with Gasteiger partial charge in [-0.1, -0.05) is 0 Å². The van der Waals surface area contributed by atoms with E-state index in [4.69, 9.17) is 5.26 Å². The molecule has 2 aliphatic rings. The average Bonchev–Trinajstić information content (AvgIpc) is 2.87. The van der Waals surface area contributed by atoms with Crippen LogP contribution in [-0.4, -0.2) is 36.0 Å². The second kappa shape index (κ2) is 3.97. The van der Waals surface area contributed by atoms with Crippen molar-refractivity contribution in [2.24, 2.45) is 0 Å². The van der Waals surface area contributed by atoms with E-state index in [1.807, 2.05) is 0 Å². The van der Waals surface area contributed by atoms with E-state index in [9.17, 15) is 4.79 Å². The lowest BCUT2D eigenvalue weighted by atomic mass is 10.2. The maximum Gasteiger partial charge on any atom is 0.240 e. The van der Waals surface area contributed by atoms with Gasteiger partial charge in [-0.25, -0.2) is 0 Å². The quantitative estimate of drug-likeness (QED) is 0.649. The molecule has 0 aromatic rings. The van der Waals surface area contributed by atoms with Crippen LogP contribution in [0.4, 0.5) is 0 Å². The standard InChI is InChI=1S/C10H15N3O/c11-7-8-3-2-6-13(8)10(14)9-4-1-5-12-9/h8-9,12H,1-6H2/t8?,9-/m1/s1. The number of nitriles is 1. The zero-order chi connectivity index (χ0) is 9.97. The molecule has 2 fully saturated rings. The lowest BCUT2D eigenvalue weighted by Crippen LogP contribution is -2.45. The van der Waals surface area contributed by atoms with E-state index >= 15 is 0 Å². The van der Waals surface area contributed by atoms with Crippen LogP contribution >= 0.6 is 0 Å². The van der Waals surface area contributed by atoms with Crippen molar-refractivity contribution in [2.45, 2.75) is 37.8 Å². The molecule has 0 saturated carbocycles. The van der Waals surface area contributed by atoms with Crippen LogP contribution in [0.15, 0.2) is 0 Å². The Morgan fingerprint density at radius 3 is 2.93 bits per heavy atom. The Labute approximate surface area is 83.9 Å². The Hall–Kier alpha value is -1.08. The Kier molecular flexibility index (Phi) is 2.69. The van der Waals surface area contributed by atoms with Crippen molar-refractivity contribution in [3.63, 3.8) is 0 Å². The third kappa shape index (κ3) is 1.60. The first-order valence-electron chi connectivity index (χ1n) is 5.26. The molecule has 4 heteroatoms. The molecule has 0 radical (unpaired) electrons.